The molecule has 6 heteroatoms. The molecule has 0 spiro atoms. The lowest BCUT2D eigenvalue weighted by atomic mass is 10.0. The summed E-state index contributed by atoms with van der Waals surface area (Å²) in [5, 5.41) is 13.2. The van der Waals surface area contributed by atoms with Gasteiger partial charge in [-0.3, -0.25) is 0 Å². The smallest absolute Gasteiger partial charge is 0.331 e. The highest BCUT2D eigenvalue weighted by Gasteiger charge is 2.14. The number of nitrogens with zero attached hydrogens (tertiary/aromatic N) is 2. The van der Waals surface area contributed by atoms with Crippen molar-refractivity contribution in [3.05, 3.63) is 65.2 Å². The number of H-pyrrole nitrogens is 1. The molecule has 0 unspecified atom stereocenters. The van der Waals surface area contributed by atoms with Gasteiger partial charge >= 0.3 is 5.97 Å². The molecule has 0 radical (unpaired) electrons. The minimum Gasteiger partial charge on any atom is -0.478 e. The van der Waals surface area contributed by atoms with Gasteiger partial charge in [-0.05, 0) is 18.6 Å². The summed E-state index contributed by atoms with van der Waals surface area (Å²) in [6.07, 6.45) is 5.38. The summed E-state index contributed by atoms with van der Waals surface area (Å²) in [5.74, 6) is -0.0685. The maximum Gasteiger partial charge on any atom is 0.331 e. The van der Waals surface area contributed by atoms with Crippen LogP contribution in [0.5, 0.6) is 0 Å². The van der Waals surface area contributed by atoms with Crippen molar-refractivity contribution in [2.45, 2.75) is 13.3 Å². The van der Waals surface area contributed by atoms with E-state index in [9.17, 15) is 9.90 Å². The summed E-state index contributed by atoms with van der Waals surface area (Å²) in [6.45, 7) is 1.73. The van der Waals surface area contributed by atoms with Gasteiger partial charge in [-0.2, -0.15) is 4.98 Å². The molecule has 2 heterocycles. The number of hydrogen-bond donors (Lipinski definition) is 2. The Kier molecular flexibility index (Phi) is 4.05. The standard InChI is InChI=1S/C17H15N3O3/c1-11-19-16(23-20-11)15-10-18-9-14(15)8-13(17(21)22)7-12-5-3-2-4-6-12/h2-6,8-10,18H,7H2,1H3,(H,21,22). The second-order valence-electron chi connectivity index (χ2n) is 5.11. The first-order valence-electron chi connectivity index (χ1n) is 7.09. The third-order valence-corrected chi connectivity index (χ3v) is 3.38. The molecule has 0 aliphatic heterocycles. The van der Waals surface area contributed by atoms with Gasteiger partial charge in [0.25, 0.3) is 5.89 Å². The molecule has 0 aliphatic rings. The van der Waals surface area contributed by atoms with E-state index in [4.69, 9.17) is 4.52 Å². The Morgan fingerprint density at radius 1 is 1.30 bits per heavy atom. The van der Waals surface area contributed by atoms with E-state index in [1.54, 1.807) is 25.4 Å². The molecule has 0 amide bonds. The molecule has 0 bridgehead atoms. The summed E-state index contributed by atoms with van der Waals surface area (Å²) < 4.78 is 5.15. The van der Waals surface area contributed by atoms with Gasteiger partial charge in [-0.25, -0.2) is 4.79 Å². The second kappa shape index (κ2) is 6.31. The van der Waals surface area contributed by atoms with E-state index in [-0.39, 0.29) is 5.57 Å². The number of nitrogens with one attached hydrogen (secondary N) is 1. The zero-order chi connectivity index (χ0) is 16.2. The molecular weight excluding hydrogens is 294 g/mol. The molecule has 3 rings (SSSR count). The Hall–Kier alpha value is -3.15. The van der Waals surface area contributed by atoms with Crippen molar-refractivity contribution in [1.29, 1.82) is 0 Å². The van der Waals surface area contributed by atoms with Gasteiger partial charge in [0.05, 0.1) is 5.56 Å². The van der Waals surface area contributed by atoms with E-state index < -0.39 is 5.97 Å². The van der Waals surface area contributed by atoms with E-state index in [0.29, 0.717) is 29.3 Å². The van der Waals surface area contributed by atoms with Gasteiger partial charge in [-0.1, -0.05) is 35.5 Å². The summed E-state index contributed by atoms with van der Waals surface area (Å²) in [6, 6.07) is 9.47. The SMILES string of the molecule is Cc1noc(-c2c[nH]cc2C=C(Cc2ccccc2)C(=O)O)n1. The first kappa shape index (κ1) is 14.8. The van der Waals surface area contributed by atoms with E-state index in [2.05, 4.69) is 15.1 Å². The molecule has 23 heavy (non-hydrogen) atoms. The number of carbonyl (C=O) groups is 1. The normalized spacial score (nSPS) is 11.6. The van der Waals surface area contributed by atoms with Crippen LogP contribution in [0.15, 0.2) is 52.8 Å². The van der Waals surface area contributed by atoms with E-state index in [1.807, 2.05) is 30.3 Å². The lowest BCUT2D eigenvalue weighted by molar-refractivity contribution is -0.132. The summed E-state index contributed by atoms with van der Waals surface area (Å²) >= 11 is 0. The molecule has 0 fully saturated rings. The maximum atomic E-state index is 11.6. The van der Waals surface area contributed by atoms with Crippen LogP contribution in [0.4, 0.5) is 0 Å². The molecule has 0 aliphatic carbocycles. The van der Waals surface area contributed by atoms with Crippen LogP contribution in [0, 0.1) is 6.92 Å². The lowest BCUT2D eigenvalue weighted by Gasteiger charge is -2.03. The average Bonchev–Trinajstić information content (AvgIpc) is 3.16. The fourth-order valence-electron chi connectivity index (χ4n) is 2.28. The Balaban J connectivity index is 1.95. The molecule has 0 saturated carbocycles. The van der Waals surface area contributed by atoms with Gasteiger partial charge in [-0.15, -0.1) is 0 Å². The van der Waals surface area contributed by atoms with Crippen LogP contribution < -0.4 is 0 Å². The first-order chi connectivity index (χ1) is 11.1. The second-order valence-corrected chi connectivity index (χ2v) is 5.11. The van der Waals surface area contributed by atoms with E-state index in [0.717, 1.165) is 5.56 Å². The number of carboxylic acid groups (broad SMARTS) is 1. The monoisotopic (exact) mass is 309 g/mol. The predicted octanol–water partition coefficient (Wildman–Crippen LogP) is 3.08. The van der Waals surface area contributed by atoms with E-state index >= 15 is 0 Å². The number of benzene rings is 1. The molecule has 0 atom stereocenters. The summed E-state index contributed by atoms with van der Waals surface area (Å²) in [7, 11) is 0. The minimum atomic E-state index is -0.956. The zero-order valence-corrected chi connectivity index (χ0v) is 12.5. The van der Waals surface area contributed by atoms with Crippen molar-refractivity contribution in [2.24, 2.45) is 0 Å². The van der Waals surface area contributed by atoms with Crippen molar-refractivity contribution in [3.8, 4) is 11.5 Å². The number of hydrogen-bond acceptors (Lipinski definition) is 4. The quantitative estimate of drug-likeness (QED) is 0.707. The van der Waals surface area contributed by atoms with Gasteiger partial charge < -0.3 is 14.6 Å². The number of aryl methyl sites for hydroxylation is 1. The largest absolute Gasteiger partial charge is 0.478 e. The topological polar surface area (TPSA) is 92.0 Å². The Labute approximate surface area is 132 Å². The maximum absolute atomic E-state index is 11.6. The highest BCUT2D eigenvalue weighted by Crippen LogP contribution is 2.24. The van der Waals surface area contributed by atoms with Crippen molar-refractivity contribution in [1.82, 2.24) is 15.1 Å². The third-order valence-electron chi connectivity index (χ3n) is 3.38. The van der Waals surface area contributed by atoms with Crippen LogP contribution in [0.25, 0.3) is 17.5 Å². The Bertz CT molecular complexity index is 847. The zero-order valence-electron chi connectivity index (χ0n) is 12.5. The van der Waals surface area contributed by atoms with Gasteiger partial charge in [0.2, 0.25) is 0 Å². The number of rotatable bonds is 5. The van der Waals surface area contributed by atoms with Crippen molar-refractivity contribution in [3.63, 3.8) is 0 Å². The fraction of sp³-hybridized carbons (Fsp3) is 0.118. The molecule has 116 valence electrons. The van der Waals surface area contributed by atoms with Gasteiger partial charge in [0, 0.05) is 30.0 Å². The average molecular weight is 309 g/mol. The molecule has 2 N–H and O–H groups in total. The molecule has 0 saturated heterocycles. The van der Waals surface area contributed by atoms with Crippen LogP contribution in [0.2, 0.25) is 0 Å². The summed E-state index contributed by atoms with van der Waals surface area (Å²) in [4.78, 5) is 18.7. The van der Waals surface area contributed by atoms with Crippen LogP contribution in [-0.4, -0.2) is 26.2 Å². The van der Waals surface area contributed by atoms with Crippen LogP contribution in [0.3, 0.4) is 0 Å². The first-order valence-corrected chi connectivity index (χ1v) is 7.09. The predicted molar refractivity (Wildman–Crippen MR) is 84.6 cm³/mol. The highest BCUT2D eigenvalue weighted by molar-refractivity contribution is 5.93. The molecule has 6 nitrogen and oxygen atoms in total. The third kappa shape index (κ3) is 3.37. The number of aliphatic carboxylic acids is 1. The molecule has 3 aromatic rings. The van der Waals surface area contributed by atoms with Crippen molar-refractivity contribution >= 4 is 12.0 Å². The van der Waals surface area contributed by atoms with Crippen LogP contribution >= 0.6 is 0 Å². The van der Waals surface area contributed by atoms with Crippen molar-refractivity contribution in [2.75, 3.05) is 0 Å². The Morgan fingerprint density at radius 2 is 2.09 bits per heavy atom. The Morgan fingerprint density at radius 3 is 2.74 bits per heavy atom. The molecule has 1 aromatic carbocycles. The van der Waals surface area contributed by atoms with Gasteiger partial charge in [0.15, 0.2) is 5.82 Å². The van der Waals surface area contributed by atoms with E-state index in [1.165, 1.54) is 0 Å². The number of aromatic amines is 1. The van der Waals surface area contributed by atoms with Crippen LogP contribution in [0.1, 0.15) is 17.0 Å². The molecular formula is C17H15N3O3. The summed E-state index contributed by atoms with van der Waals surface area (Å²) in [5.41, 5.74) is 2.60. The molecule has 2 aromatic heterocycles. The van der Waals surface area contributed by atoms with Crippen LogP contribution in [-0.2, 0) is 11.2 Å². The van der Waals surface area contributed by atoms with Crippen molar-refractivity contribution < 1.29 is 14.4 Å². The van der Waals surface area contributed by atoms with Gasteiger partial charge in [0.1, 0.15) is 0 Å². The minimum absolute atomic E-state index is 0.285. The number of carboxylic acids is 1. The fourth-order valence-corrected chi connectivity index (χ4v) is 2.28. The number of aromatic nitrogens is 3. The highest BCUT2D eigenvalue weighted by atomic mass is 16.5. The lowest BCUT2D eigenvalue weighted by Crippen LogP contribution is -2.03.